The van der Waals surface area contributed by atoms with Crippen LogP contribution in [0.4, 0.5) is 0 Å². The fraction of sp³-hybridized carbons (Fsp3) is 0.333. The number of benzene rings is 2. The largest absolute Gasteiger partial charge is 0.462 e. The normalized spacial score (nSPS) is 15.7. The Hall–Kier alpha value is -3.98. The summed E-state index contributed by atoms with van der Waals surface area (Å²) in [5, 5.41) is 18.9. The third kappa shape index (κ3) is 5.16. The zero-order valence-corrected chi connectivity index (χ0v) is 20.1. The van der Waals surface area contributed by atoms with Gasteiger partial charge in [-0.05, 0) is 43.7 Å². The number of H-pyrrole nitrogens is 1. The lowest BCUT2D eigenvalue weighted by Crippen LogP contribution is -2.24. The number of hydrogen-bond donors (Lipinski definition) is 2. The molecule has 0 saturated heterocycles. The molecule has 36 heavy (non-hydrogen) atoms. The van der Waals surface area contributed by atoms with Gasteiger partial charge >= 0.3 is 0 Å². The van der Waals surface area contributed by atoms with Crippen molar-refractivity contribution in [3.8, 4) is 0 Å². The number of ether oxygens (including phenoxy) is 2. The molecule has 9 nitrogen and oxygen atoms in total. The number of aryl methyl sites for hydroxylation is 1. The minimum atomic E-state index is -0.704. The Morgan fingerprint density at radius 1 is 1.08 bits per heavy atom. The minimum Gasteiger partial charge on any atom is -0.462 e. The summed E-state index contributed by atoms with van der Waals surface area (Å²) in [6, 6.07) is 19.8. The Kier molecular flexibility index (Phi) is 7.08. The van der Waals surface area contributed by atoms with Crippen molar-refractivity contribution >= 4 is 11.2 Å². The van der Waals surface area contributed by atoms with E-state index in [1.54, 1.807) is 17.9 Å². The Labute approximate surface area is 208 Å². The molecule has 1 aliphatic rings. The van der Waals surface area contributed by atoms with Crippen LogP contribution in [0.25, 0.3) is 11.2 Å². The lowest BCUT2D eigenvalue weighted by atomic mass is 9.96. The number of allylic oxidation sites excluding steroid dienone is 1. The molecule has 2 aromatic heterocycles. The SMILES string of the molecule is CC(O)C(CCCc1ccccc1)n1nnc2c(=O)[nH]c(C(Cc3ccccc3)C3=COCO3)nc21. The van der Waals surface area contributed by atoms with Crippen molar-refractivity contribution in [1.29, 1.82) is 0 Å². The Morgan fingerprint density at radius 2 is 1.81 bits per heavy atom. The van der Waals surface area contributed by atoms with Crippen molar-refractivity contribution in [2.45, 2.75) is 50.7 Å². The van der Waals surface area contributed by atoms with Crippen molar-refractivity contribution in [3.05, 3.63) is 100.0 Å². The molecular formula is C27H29N5O4. The Bertz CT molecular complexity index is 1380. The summed E-state index contributed by atoms with van der Waals surface area (Å²) in [6.07, 6.45) is 3.79. The van der Waals surface area contributed by atoms with Crippen molar-refractivity contribution in [2.24, 2.45) is 0 Å². The van der Waals surface area contributed by atoms with Crippen molar-refractivity contribution < 1.29 is 14.6 Å². The van der Waals surface area contributed by atoms with Gasteiger partial charge in [0.25, 0.3) is 5.56 Å². The molecular weight excluding hydrogens is 458 g/mol. The predicted octanol–water partition coefficient (Wildman–Crippen LogP) is 3.63. The minimum absolute atomic E-state index is 0.123. The fourth-order valence-electron chi connectivity index (χ4n) is 4.59. The molecule has 0 fully saturated rings. The molecule has 5 rings (SSSR count). The van der Waals surface area contributed by atoms with Crippen LogP contribution in [0.3, 0.4) is 0 Å². The Morgan fingerprint density at radius 3 is 2.47 bits per heavy atom. The molecule has 0 spiro atoms. The third-order valence-electron chi connectivity index (χ3n) is 6.48. The highest BCUT2D eigenvalue weighted by Gasteiger charge is 2.28. The van der Waals surface area contributed by atoms with E-state index >= 15 is 0 Å². The smallest absolute Gasteiger partial charge is 0.281 e. The number of hydrogen-bond acceptors (Lipinski definition) is 7. The first kappa shape index (κ1) is 23.7. The van der Waals surface area contributed by atoms with Crippen LogP contribution in [-0.2, 0) is 22.3 Å². The molecule has 1 aliphatic heterocycles. The molecule has 4 aromatic rings. The van der Waals surface area contributed by atoms with E-state index in [1.807, 2.05) is 48.5 Å². The quantitative estimate of drug-likeness (QED) is 0.351. The van der Waals surface area contributed by atoms with Crippen LogP contribution >= 0.6 is 0 Å². The van der Waals surface area contributed by atoms with E-state index in [0.717, 1.165) is 18.4 Å². The van der Waals surface area contributed by atoms with E-state index in [4.69, 9.17) is 14.5 Å². The highest BCUT2D eigenvalue weighted by atomic mass is 16.7. The monoisotopic (exact) mass is 487 g/mol. The highest BCUT2D eigenvalue weighted by Crippen LogP contribution is 2.30. The van der Waals surface area contributed by atoms with Gasteiger partial charge < -0.3 is 19.6 Å². The first-order valence-corrected chi connectivity index (χ1v) is 12.2. The molecule has 2 N–H and O–H groups in total. The molecule has 9 heteroatoms. The highest BCUT2D eigenvalue weighted by molar-refractivity contribution is 5.68. The summed E-state index contributed by atoms with van der Waals surface area (Å²) in [4.78, 5) is 20.7. The fourth-order valence-corrected chi connectivity index (χ4v) is 4.59. The molecule has 186 valence electrons. The van der Waals surface area contributed by atoms with Crippen LogP contribution in [0.15, 0.2) is 77.5 Å². The van der Waals surface area contributed by atoms with E-state index in [-0.39, 0.29) is 29.8 Å². The molecule has 0 aliphatic carbocycles. The van der Waals surface area contributed by atoms with Crippen LogP contribution in [0.5, 0.6) is 0 Å². The molecule has 2 aromatic carbocycles. The van der Waals surface area contributed by atoms with Gasteiger partial charge in [-0.25, -0.2) is 9.67 Å². The maximum Gasteiger partial charge on any atom is 0.281 e. The van der Waals surface area contributed by atoms with Crippen molar-refractivity contribution in [3.63, 3.8) is 0 Å². The average Bonchev–Trinajstić information content (AvgIpc) is 3.57. The number of aromatic amines is 1. The Balaban J connectivity index is 1.47. The predicted molar refractivity (Wildman–Crippen MR) is 134 cm³/mol. The van der Waals surface area contributed by atoms with E-state index < -0.39 is 6.10 Å². The average molecular weight is 488 g/mol. The number of nitrogens with one attached hydrogen (secondary N) is 1. The van der Waals surface area contributed by atoms with Gasteiger partial charge in [-0.2, -0.15) is 0 Å². The molecule has 3 atom stereocenters. The van der Waals surface area contributed by atoms with Gasteiger partial charge in [0.05, 0.1) is 18.1 Å². The number of rotatable bonds is 10. The van der Waals surface area contributed by atoms with Crippen LogP contribution in [0.1, 0.15) is 48.7 Å². The van der Waals surface area contributed by atoms with Crippen molar-refractivity contribution in [1.82, 2.24) is 25.0 Å². The molecule has 0 amide bonds. The standard InChI is InChI=1S/C27H29N5O4/c1-18(33)22(14-8-13-19-9-4-2-5-10-19)32-26-24(30-31-32)27(34)29-25(28-26)21(23-16-35-17-36-23)15-20-11-6-3-7-12-20/h2-7,9-12,16,18,21-22,33H,8,13-15,17H2,1H3,(H,28,29,34). The molecule has 0 bridgehead atoms. The van der Waals surface area contributed by atoms with Gasteiger partial charge in [-0.15, -0.1) is 5.10 Å². The summed E-state index contributed by atoms with van der Waals surface area (Å²) >= 11 is 0. The molecule has 0 saturated carbocycles. The van der Waals surface area contributed by atoms with E-state index in [1.165, 1.54) is 5.56 Å². The number of aliphatic hydroxyl groups excluding tert-OH is 1. The number of nitrogens with zero attached hydrogens (tertiary/aromatic N) is 4. The summed E-state index contributed by atoms with van der Waals surface area (Å²) in [5.41, 5.74) is 2.40. The summed E-state index contributed by atoms with van der Waals surface area (Å²) in [5.74, 6) is 0.666. The lowest BCUT2D eigenvalue weighted by Gasteiger charge is -2.21. The van der Waals surface area contributed by atoms with E-state index in [0.29, 0.717) is 30.1 Å². The number of aromatic nitrogens is 5. The van der Waals surface area contributed by atoms with Gasteiger partial charge in [-0.3, -0.25) is 4.79 Å². The maximum absolute atomic E-state index is 13.0. The van der Waals surface area contributed by atoms with Crippen LogP contribution < -0.4 is 5.56 Å². The van der Waals surface area contributed by atoms with Gasteiger partial charge in [0.15, 0.2) is 11.2 Å². The first-order chi connectivity index (χ1) is 17.6. The second-order valence-corrected chi connectivity index (χ2v) is 9.03. The third-order valence-corrected chi connectivity index (χ3v) is 6.48. The topological polar surface area (TPSA) is 115 Å². The first-order valence-electron chi connectivity index (χ1n) is 12.2. The summed E-state index contributed by atoms with van der Waals surface area (Å²) in [6.45, 7) is 1.85. The van der Waals surface area contributed by atoms with Gasteiger partial charge in [0.1, 0.15) is 17.8 Å². The molecule has 3 heterocycles. The van der Waals surface area contributed by atoms with Crippen LogP contribution in [0, 0.1) is 0 Å². The zero-order valence-electron chi connectivity index (χ0n) is 20.1. The number of aliphatic hydroxyl groups is 1. The maximum atomic E-state index is 13.0. The van der Waals surface area contributed by atoms with Gasteiger partial charge in [0.2, 0.25) is 6.79 Å². The second-order valence-electron chi connectivity index (χ2n) is 9.03. The summed E-state index contributed by atoms with van der Waals surface area (Å²) in [7, 11) is 0. The van der Waals surface area contributed by atoms with Gasteiger partial charge in [0, 0.05) is 0 Å². The second kappa shape index (κ2) is 10.7. The lowest BCUT2D eigenvalue weighted by molar-refractivity contribution is 0.0748. The molecule has 3 unspecified atom stereocenters. The van der Waals surface area contributed by atoms with Crippen LogP contribution in [-0.4, -0.2) is 43.0 Å². The summed E-state index contributed by atoms with van der Waals surface area (Å²) < 4.78 is 12.6. The molecule has 0 radical (unpaired) electrons. The van der Waals surface area contributed by atoms with E-state index in [9.17, 15) is 9.90 Å². The number of fused-ring (bicyclic) bond motifs is 1. The zero-order chi connectivity index (χ0) is 24.9. The van der Waals surface area contributed by atoms with E-state index in [2.05, 4.69) is 27.4 Å². The van der Waals surface area contributed by atoms with Crippen LogP contribution in [0.2, 0.25) is 0 Å². The van der Waals surface area contributed by atoms with Gasteiger partial charge in [-0.1, -0.05) is 65.9 Å². The van der Waals surface area contributed by atoms with Crippen molar-refractivity contribution in [2.75, 3.05) is 6.79 Å².